The van der Waals surface area contributed by atoms with Crippen LogP contribution in [0.1, 0.15) is 23.5 Å². The lowest BCUT2D eigenvalue weighted by Gasteiger charge is -2.22. The van der Waals surface area contributed by atoms with Crippen molar-refractivity contribution < 1.29 is 38.1 Å². The van der Waals surface area contributed by atoms with E-state index in [0.29, 0.717) is 16.9 Å². The number of benzene rings is 1. The van der Waals surface area contributed by atoms with Crippen molar-refractivity contribution in [1.29, 1.82) is 0 Å². The molecule has 2 aromatic heterocycles. The number of aliphatic hydroxyl groups is 3. The summed E-state index contributed by atoms with van der Waals surface area (Å²) in [6.07, 6.45) is -8.47. The maximum Gasteiger partial charge on any atom is 0.416 e. The molecule has 0 aliphatic carbocycles. The van der Waals surface area contributed by atoms with Crippen LogP contribution in [0.2, 0.25) is 0 Å². The topological polar surface area (TPSA) is 122 Å². The van der Waals surface area contributed by atoms with E-state index in [1.165, 1.54) is 18.0 Å². The third-order valence-corrected chi connectivity index (χ3v) is 5.15. The molecular weight excluding hydrogens is 421 g/mol. The SMILES string of the molecule is CONc1ncnc2c1ccn2[C@@H]1O[C@H](C(O)c2ccc(C(F)(F)F)cc2)[C@@H](O)[C@H]1O. The Labute approximate surface area is 173 Å². The molecule has 0 spiro atoms. The Kier molecular flexibility index (Phi) is 5.58. The highest BCUT2D eigenvalue weighted by molar-refractivity contribution is 5.87. The van der Waals surface area contributed by atoms with Crippen LogP contribution in [-0.2, 0) is 15.8 Å². The Hall–Kier alpha value is -2.77. The summed E-state index contributed by atoms with van der Waals surface area (Å²) in [5.41, 5.74) is 2.21. The molecule has 3 aromatic rings. The van der Waals surface area contributed by atoms with Gasteiger partial charge in [-0.3, -0.25) is 4.84 Å². The number of ether oxygens (including phenoxy) is 1. The van der Waals surface area contributed by atoms with Crippen LogP contribution in [0.5, 0.6) is 0 Å². The van der Waals surface area contributed by atoms with Crippen molar-refractivity contribution in [2.45, 2.75) is 36.8 Å². The number of hydrogen-bond donors (Lipinski definition) is 4. The van der Waals surface area contributed by atoms with Gasteiger partial charge in [0.25, 0.3) is 0 Å². The monoisotopic (exact) mass is 440 g/mol. The number of alkyl halides is 3. The van der Waals surface area contributed by atoms with Crippen molar-refractivity contribution in [3.8, 4) is 0 Å². The van der Waals surface area contributed by atoms with Crippen molar-refractivity contribution in [3.63, 3.8) is 0 Å². The summed E-state index contributed by atoms with van der Waals surface area (Å²) in [5.74, 6) is 0.376. The molecule has 9 nitrogen and oxygen atoms in total. The van der Waals surface area contributed by atoms with Gasteiger partial charge in [-0.25, -0.2) is 15.4 Å². The van der Waals surface area contributed by atoms with E-state index >= 15 is 0 Å². The van der Waals surface area contributed by atoms with Gasteiger partial charge in [0, 0.05) is 6.20 Å². The van der Waals surface area contributed by atoms with Crippen LogP contribution < -0.4 is 5.48 Å². The first-order valence-corrected chi connectivity index (χ1v) is 9.19. The first-order chi connectivity index (χ1) is 14.7. The zero-order valence-corrected chi connectivity index (χ0v) is 16.1. The lowest BCUT2D eigenvalue weighted by molar-refractivity contribution is -0.137. The second-order valence-electron chi connectivity index (χ2n) is 7.03. The molecule has 31 heavy (non-hydrogen) atoms. The predicted octanol–water partition coefficient (Wildman–Crippen LogP) is 1.78. The molecule has 0 amide bonds. The third kappa shape index (κ3) is 3.83. The Bertz CT molecular complexity index is 1060. The van der Waals surface area contributed by atoms with Crippen molar-refractivity contribution in [2.75, 3.05) is 12.6 Å². The fourth-order valence-corrected chi connectivity index (χ4v) is 3.59. The van der Waals surface area contributed by atoms with Gasteiger partial charge < -0.3 is 24.6 Å². The first-order valence-electron chi connectivity index (χ1n) is 9.19. The minimum Gasteiger partial charge on any atom is -0.387 e. The molecule has 0 saturated carbocycles. The maximum atomic E-state index is 12.8. The zero-order valence-electron chi connectivity index (χ0n) is 16.1. The van der Waals surface area contributed by atoms with E-state index in [0.717, 1.165) is 24.3 Å². The number of aromatic nitrogens is 3. The number of anilines is 1. The molecule has 1 fully saturated rings. The molecule has 12 heteroatoms. The van der Waals surface area contributed by atoms with E-state index < -0.39 is 42.4 Å². The van der Waals surface area contributed by atoms with Gasteiger partial charge in [0.05, 0.1) is 18.1 Å². The van der Waals surface area contributed by atoms with Gasteiger partial charge in [0.2, 0.25) is 0 Å². The highest BCUT2D eigenvalue weighted by Crippen LogP contribution is 2.38. The molecule has 0 radical (unpaired) electrons. The van der Waals surface area contributed by atoms with Crippen LogP contribution in [-0.4, -0.2) is 55.3 Å². The summed E-state index contributed by atoms with van der Waals surface area (Å²) in [5, 5.41) is 32.2. The van der Waals surface area contributed by atoms with Gasteiger partial charge in [0.15, 0.2) is 12.0 Å². The Morgan fingerprint density at radius 3 is 2.48 bits per heavy atom. The molecule has 4 rings (SSSR count). The van der Waals surface area contributed by atoms with Gasteiger partial charge in [0.1, 0.15) is 36.4 Å². The van der Waals surface area contributed by atoms with Gasteiger partial charge in [-0.2, -0.15) is 13.2 Å². The number of aliphatic hydroxyl groups excluding tert-OH is 3. The number of fused-ring (bicyclic) bond motifs is 1. The number of nitrogens with one attached hydrogen (secondary N) is 1. The number of hydrogen-bond acceptors (Lipinski definition) is 8. The summed E-state index contributed by atoms with van der Waals surface area (Å²) < 4.78 is 45.5. The van der Waals surface area contributed by atoms with Crippen LogP contribution in [0.25, 0.3) is 11.0 Å². The summed E-state index contributed by atoms with van der Waals surface area (Å²) >= 11 is 0. The largest absolute Gasteiger partial charge is 0.416 e. The molecule has 1 saturated heterocycles. The maximum absolute atomic E-state index is 12.8. The van der Waals surface area contributed by atoms with Crippen LogP contribution >= 0.6 is 0 Å². The predicted molar refractivity (Wildman–Crippen MR) is 100 cm³/mol. The van der Waals surface area contributed by atoms with Gasteiger partial charge in [-0.05, 0) is 23.8 Å². The van der Waals surface area contributed by atoms with Crippen LogP contribution in [0.15, 0.2) is 42.9 Å². The second-order valence-corrected chi connectivity index (χ2v) is 7.03. The fraction of sp³-hybridized carbons (Fsp3) is 0.368. The quantitative estimate of drug-likeness (QED) is 0.443. The fourth-order valence-electron chi connectivity index (χ4n) is 3.59. The third-order valence-electron chi connectivity index (χ3n) is 5.15. The lowest BCUT2D eigenvalue weighted by Crippen LogP contribution is -2.34. The van der Waals surface area contributed by atoms with E-state index in [9.17, 15) is 28.5 Å². The van der Waals surface area contributed by atoms with Crippen LogP contribution in [0.4, 0.5) is 19.0 Å². The average molecular weight is 440 g/mol. The van der Waals surface area contributed by atoms with Crippen LogP contribution in [0.3, 0.4) is 0 Å². The molecule has 1 aliphatic rings. The summed E-state index contributed by atoms with van der Waals surface area (Å²) in [4.78, 5) is 13.1. The minimum atomic E-state index is -4.51. The zero-order chi connectivity index (χ0) is 22.3. The van der Waals surface area contributed by atoms with E-state index in [1.54, 1.807) is 12.3 Å². The van der Waals surface area contributed by atoms with Crippen molar-refractivity contribution in [1.82, 2.24) is 14.5 Å². The summed E-state index contributed by atoms with van der Waals surface area (Å²) in [7, 11) is 1.42. The Morgan fingerprint density at radius 2 is 1.84 bits per heavy atom. The van der Waals surface area contributed by atoms with Gasteiger partial charge in [-0.1, -0.05) is 12.1 Å². The molecular formula is C19H19F3N4O5. The molecule has 5 atom stereocenters. The highest BCUT2D eigenvalue weighted by atomic mass is 19.4. The van der Waals surface area contributed by atoms with Crippen molar-refractivity contribution in [2.24, 2.45) is 0 Å². The lowest BCUT2D eigenvalue weighted by atomic mass is 9.98. The van der Waals surface area contributed by atoms with Gasteiger partial charge >= 0.3 is 6.18 Å². The molecule has 1 aromatic carbocycles. The van der Waals surface area contributed by atoms with Crippen molar-refractivity contribution in [3.05, 3.63) is 54.0 Å². The smallest absolute Gasteiger partial charge is 0.387 e. The Balaban J connectivity index is 1.60. The number of halogens is 3. The molecule has 166 valence electrons. The first kappa shape index (κ1) is 21.5. The number of nitrogens with zero attached hydrogens (tertiary/aromatic N) is 3. The van der Waals surface area contributed by atoms with Crippen LogP contribution in [0, 0.1) is 0 Å². The highest BCUT2D eigenvalue weighted by Gasteiger charge is 2.47. The standard InChI is InChI=1S/C19H19F3N4O5/c1-30-25-16-11-6-7-26(17(11)24-8-23-16)18-14(29)13(28)15(31-18)12(27)9-2-4-10(5-3-9)19(20,21)22/h2-8,12-15,18,27-29H,1H3,(H,23,24,25)/t12?,13-,14+,15+,18+/m0/s1. The summed E-state index contributed by atoms with van der Waals surface area (Å²) in [6.45, 7) is 0. The number of rotatable bonds is 5. The van der Waals surface area contributed by atoms with Gasteiger partial charge in [-0.15, -0.1) is 0 Å². The van der Waals surface area contributed by atoms with Crippen molar-refractivity contribution >= 4 is 16.9 Å². The molecule has 3 heterocycles. The molecule has 0 bridgehead atoms. The average Bonchev–Trinajstić information content (AvgIpc) is 3.29. The van der Waals surface area contributed by atoms with E-state index in [-0.39, 0.29) is 5.56 Å². The normalized spacial score (nSPS) is 25.1. The second kappa shape index (κ2) is 8.05. The molecule has 1 aliphatic heterocycles. The van der Waals surface area contributed by atoms with E-state index in [4.69, 9.17) is 9.57 Å². The van der Waals surface area contributed by atoms with E-state index in [2.05, 4.69) is 15.4 Å². The molecule has 4 N–H and O–H groups in total. The molecule has 1 unspecified atom stereocenters. The van der Waals surface area contributed by atoms with E-state index in [1.807, 2.05) is 0 Å². The summed E-state index contributed by atoms with van der Waals surface area (Å²) in [6, 6.07) is 5.51. The minimum absolute atomic E-state index is 0.108. The Morgan fingerprint density at radius 1 is 1.13 bits per heavy atom.